The molecule has 0 heterocycles. The van der Waals surface area contributed by atoms with Gasteiger partial charge in [0.1, 0.15) is 5.75 Å². The lowest BCUT2D eigenvalue weighted by molar-refractivity contribution is -0.146. The van der Waals surface area contributed by atoms with Gasteiger partial charge in [-0.25, -0.2) is 4.79 Å². The van der Waals surface area contributed by atoms with E-state index in [-0.39, 0.29) is 18.7 Å². The van der Waals surface area contributed by atoms with Crippen LogP contribution in [-0.2, 0) is 22.7 Å². The van der Waals surface area contributed by atoms with Crippen molar-refractivity contribution in [2.45, 2.75) is 32.0 Å². The summed E-state index contributed by atoms with van der Waals surface area (Å²) in [5.74, 6) is -0.710. The number of rotatable bonds is 10. The summed E-state index contributed by atoms with van der Waals surface area (Å²) >= 11 is 0. The van der Waals surface area contributed by atoms with Crippen LogP contribution >= 0.6 is 0 Å². The summed E-state index contributed by atoms with van der Waals surface area (Å²) in [6.45, 7) is 0.928. The molecule has 0 spiro atoms. The Morgan fingerprint density at radius 2 is 1.23 bits per heavy atom. The molecule has 0 aliphatic heterocycles. The summed E-state index contributed by atoms with van der Waals surface area (Å²) in [4.78, 5) is 26.4. The van der Waals surface area contributed by atoms with Crippen LogP contribution in [0.4, 0.5) is 0 Å². The number of para-hydroxylation sites is 1. The zero-order chi connectivity index (χ0) is 21.2. The highest BCUT2D eigenvalue weighted by molar-refractivity contribution is 5.78. The quantitative estimate of drug-likeness (QED) is 0.540. The minimum absolute atomic E-state index is 0.0868. The molecule has 1 amide bonds. The second kappa shape index (κ2) is 10.8. The van der Waals surface area contributed by atoms with Crippen LogP contribution in [-0.4, -0.2) is 28.0 Å². The highest BCUT2D eigenvalue weighted by Crippen LogP contribution is 2.16. The van der Waals surface area contributed by atoms with Gasteiger partial charge >= 0.3 is 5.97 Å². The van der Waals surface area contributed by atoms with E-state index < -0.39 is 12.1 Å². The number of amides is 1. The van der Waals surface area contributed by atoms with Crippen LogP contribution in [0.2, 0.25) is 0 Å². The Kier molecular flexibility index (Phi) is 7.61. The zero-order valence-electron chi connectivity index (χ0n) is 16.7. The molecule has 1 N–H and O–H groups in total. The first-order valence-electron chi connectivity index (χ1n) is 9.92. The van der Waals surface area contributed by atoms with Crippen LogP contribution in [0.1, 0.15) is 24.0 Å². The van der Waals surface area contributed by atoms with Gasteiger partial charge in [0, 0.05) is 25.9 Å². The highest BCUT2D eigenvalue weighted by atomic mass is 16.5. The Balaban J connectivity index is 1.67. The summed E-state index contributed by atoms with van der Waals surface area (Å²) in [5.41, 5.74) is 2.05. The molecule has 0 radical (unpaired) electrons. The van der Waals surface area contributed by atoms with Crippen molar-refractivity contribution in [1.29, 1.82) is 0 Å². The van der Waals surface area contributed by atoms with Gasteiger partial charge in [-0.3, -0.25) is 4.79 Å². The molecule has 5 heteroatoms. The molecule has 0 saturated heterocycles. The topological polar surface area (TPSA) is 66.8 Å². The van der Waals surface area contributed by atoms with Gasteiger partial charge in [0.05, 0.1) is 0 Å². The highest BCUT2D eigenvalue weighted by Gasteiger charge is 2.23. The van der Waals surface area contributed by atoms with E-state index in [9.17, 15) is 14.7 Å². The molecule has 0 aliphatic rings. The molecule has 0 saturated carbocycles. The van der Waals surface area contributed by atoms with Crippen LogP contribution in [0, 0.1) is 0 Å². The molecular formula is C25H25NO4. The molecule has 0 bridgehead atoms. The third-order valence-electron chi connectivity index (χ3n) is 4.70. The summed E-state index contributed by atoms with van der Waals surface area (Å²) in [6.07, 6.45) is -0.890. The van der Waals surface area contributed by atoms with E-state index in [4.69, 9.17) is 4.74 Å². The number of carboxylic acids is 1. The number of hydrogen-bond donors (Lipinski definition) is 1. The van der Waals surface area contributed by atoms with Gasteiger partial charge in [0.2, 0.25) is 5.91 Å². The Morgan fingerprint density at radius 1 is 0.767 bits per heavy atom. The number of carboxylic acid groups (broad SMARTS) is 1. The summed E-state index contributed by atoms with van der Waals surface area (Å²) in [5, 5.41) is 9.51. The number of carbonyl (C=O) groups excluding carboxylic acids is 1. The van der Waals surface area contributed by atoms with E-state index in [2.05, 4.69) is 0 Å². The minimum atomic E-state index is -1.08. The maximum Gasteiger partial charge on any atom is 0.344 e. The molecule has 0 aromatic heterocycles. The first-order valence-corrected chi connectivity index (χ1v) is 9.92. The number of carbonyl (C=O) groups is 2. The lowest BCUT2D eigenvalue weighted by atomic mass is 10.1. The predicted molar refractivity (Wildman–Crippen MR) is 115 cm³/mol. The average Bonchev–Trinajstić information content (AvgIpc) is 2.78. The van der Waals surface area contributed by atoms with Crippen LogP contribution in [0.5, 0.6) is 5.75 Å². The second-order valence-electron chi connectivity index (χ2n) is 7.02. The van der Waals surface area contributed by atoms with Crippen molar-refractivity contribution in [3.63, 3.8) is 0 Å². The van der Waals surface area contributed by atoms with Crippen molar-refractivity contribution >= 4 is 11.9 Å². The number of hydrogen-bond acceptors (Lipinski definition) is 3. The van der Waals surface area contributed by atoms with Gasteiger partial charge in [0.25, 0.3) is 0 Å². The monoisotopic (exact) mass is 403 g/mol. The lowest BCUT2D eigenvalue weighted by Gasteiger charge is -2.24. The molecule has 154 valence electrons. The Bertz CT molecular complexity index is 888. The van der Waals surface area contributed by atoms with Crippen molar-refractivity contribution in [1.82, 2.24) is 4.90 Å². The molecule has 5 nitrogen and oxygen atoms in total. The van der Waals surface area contributed by atoms with Gasteiger partial charge in [-0.05, 0) is 23.3 Å². The molecule has 3 aromatic carbocycles. The number of aliphatic carboxylic acids is 1. The number of nitrogens with zero attached hydrogens (tertiary/aromatic N) is 1. The number of ether oxygens (including phenoxy) is 1. The molecular weight excluding hydrogens is 378 g/mol. The fourth-order valence-electron chi connectivity index (χ4n) is 3.15. The summed E-state index contributed by atoms with van der Waals surface area (Å²) < 4.78 is 5.57. The zero-order valence-corrected chi connectivity index (χ0v) is 16.7. The van der Waals surface area contributed by atoms with Gasteiger partial charge < -0.3 is 14.7 Å². The standard InChI is InChI=1S/C25H25NO4/c27-24(17-16-23(25(28)29)30-22-14-8-3-9-15-22)26(18-20-10-4-1-5-11-20)19-21-12-6-2-7-13-21/h1-15,23H,16-19H2,(H,28,29). The van der Waals surface area contributed by atoms with E-state index in [1.54, 1.807) is 29.2 Å². The minimum Gasteiger partial charge on any atom is -0.479 e. The SMILES string of the molecule is O=C(O)C(CCC(=O)N(Cc1ccccc1)Cc1ccccc1)Oc1ccccc1. The van der Waals surface area contributed by atoms with E-state index in [0.29, 0.717) is 18.8 Å². The first kappa shape index (κ1) is 21.1. The number of benzene rings is 3. The largest absolute Gasteiger partial charge is 0.479 e. The Hall–Kier alpha value is -3.60. The molecule has 3 aromatic rings. The fraction of sp³-hybridized carbons (Fsp3) is 0.200. The van der Waals surface area contributed by atoms with Crippen LogP contribution < -0.4 is 4.74 Å². The van der Waals surface area contributed by atoms with Crippen molar-refractivity contribution in [2.24, 2.45) is 0 Å². The third kappa shape index (κ3) is 6.48. The van der Waals surface area contributed by atoms with Gasteiger partial charge in [-0.2, -0.15) is 0 Å². The lowest BCUT2D eigenvalue weighted by Crippen LogP contribution is -2.33. The van der Waals surface area contributed by atoms with Crippen LogP contribution in [0.15, 0.2) is 91.0 Å². The molecule has 30 heavy (non-hydrogen) atoms. The van der Waals surface area contributed by atoms with Crippen LogP contribution in [0.25, 0.3) is 0 Å². The smallest absolute Gasteiger partial charge is 0.344 e. The molecule has 1 atom stereocenters. The predicted octanol–water partition coefficient (Wildman–Crippen LogP) is 4.53. The van der Waals surface area contributed by atoms with E-state index >= 15 is 0 Å². The average molecular weight is 403 g/mol. The van der Waals surface area contributed by atoms with Crippen molar-refractivity contribution in [3.8, 4) is 5.75 Å². The first-order chi connectivity index (χ1) is 14.6. The normalized spacial score (nSPS) is 11.5. The van der Waals surface area contributed by atoms with Crippen molar-refractivity contribution in [2.75, 3.05) is 0 Å². The van der Waals surface area contributed by atoms with E-state index in [1.165, 1.54) is 0 Å². The van der Waals surface area contributed by atoms with Gasteiger partial charge in [-0.15, -0.1) is 0 Å². The van der Waals surface area contributed by atoms with Gasteiger partial charge in [-0.1, -0.05) is 78.9 Å². The molecule has 3 rings (SSSR count). The van der Waals surface area contributed by atoms with Crippen LogP contribution in [0.3, 0.4) is 0 Å². The Labute approximate surface area is 176 Å². The Morgan fingerprint density at radius 3 is 1.70 bits per heavy atom. The molecule has 1 unspecified atom stereocenters. The maximum atomic E-state index is 13.0. The van der Waals surface area contributed by atoms with E-state index in [0.717, 1.165) is 11.1 Å². The summed E-state index contributed by atoms with van der Waals surface area (Å²) in [7, 11) is 0. The summed E-state index contributed by atoms with van der Waals surface area (Å²) in [6, 6.07) is 28.3. The second-order valence-corrected chi connectivity index (χ2v) is 7.02. The van der Waals surface area contributed by atoms with E-state index in [1.807, 2.05) is 66.7 Å². The third-order valence-corrected chi connectivity index (χ3v) is 4.70. The van der Waals surface area contributed by atoms with Crippen molar-refractivity contribution < 1.29 is 19.4 Å². The van der Waals surface area contributed by atoms with Gasteiger partial charge in [0.15, 0.2) is 6.10 Å². The molecule has 0 fully saturated rings. The molecule has 0 aliphatic carbocycles. The maximum absolute atomic E-state index is 13.0. The van der Waals surface area contributed by atoms with Crippen molar-refractivity contribution in [3.05, 3.63) is 102 Å². The fourth-order valence-corrected chi connectivity index (χ4v) is 3.15.